The van der Waals surface area contributed by atoms with Crippen LogP contribution in [0.4, 0.5) is 0 Å². The lowest BCUT2D eigenvalue weighted by Crippen LogP contribution is -2.76. The predicted octanol–water partition coefficient (Wildman–Crippen LogP) is 3.89. The van der Waals surface area contributed by atoms with Gasteiger partial charge >= 0.3 is 8.56 Å². The van der Waals surface area contributed by atoms with Gasteiger partial charge in [-0.1, -0.05) is 41.5 Å². The fourth-order valence-corrected chi connectivity index (χ4v) is 11.1. The maximum absolute atomic E-state index is 6.95. The summed E-state index contributed by atoms with van der Waals surface area (Å²) in [6, 6.07) is 0. The van der Waals surface area contributed by atoms with Gasteiger partial charge in [0.25, 0.3) is 0 Å². The molecule has 4 heterocycles. The van der Waals surface area contributed by atoms with E-state index >= 15 is 0 Å². The van der Waals surface area contributed by atoms with E-state index in [9.17, 15) is 0 Å². The molecule has 4 saturated heterocycles. The maximum atomic E-state index is 6.95. The highest BCUT2D eigenvalue weighted by Crippen LogP contribution is 2.58. The quantitative estimate of drug-likeness (QED) is 0.599. The van der Waals surface area contributed by atoms with Gasteiger partial charge in [-0.05, 0) is 12.8 Å². The highest BCUT2D eigenvalue weighted by atomic mass is 28.4. The Morgan fingerprint density at radius 2 is 1.37 bits per heavy atom. The van der Waals surface area contributed by atoms with Gasteiger partial charge in [0.2, 0.25) is 11.6 Å². The molecular formula is C22H40O7Si. The van der Waals surface area contributed by atoms with Gasteiger partial charge in [0.15, 0.2) is 0 Å². The molecule has 7 nitrogen and oxygen atoms in total. The second-order valence-corrected chi connectivity index (χ2v) is 16.0. The van der Waals surface area contributed by atoms with Crippen molar-refractivity contribution in [2.24, 2.45) is 0 Å². The molecule has 4 rings (SSSR count). The fraction of sp³-hybridized carbons (Fsp3) is 1.00. The van der Waals surface area contributed by atoms with Gasteiger partial charge in [-0.15, -0.1) is 0 Å². The first kappa shape index (κ1) is 23.1. The Bertz CT molecular complexity index is 630. The summed E-state index contributed by atoms with van der Waals surface area (Å²) in [4.78, 5) is 0. The normalized spacial score (nSPS) is 44.0. The lowest BCUT2D eigenvalue weighted by Gasteiger charge is -2.63. The summed E-state index contributed by atoms with van der Waals surface area (Å²) >= 11 is 0. The Hall–Kier alpha value is -0.0631. The Morgan fingerprint density at radius 3 is 1.93 bits per heavy atom. The van der Waals surface area contributed by atoms with E-state index in [1.54, 1.807) is 14.2 Å². The molecule has 0 radical (unpaired) electrons. The molecule has 0 bridgehead atoms. The number of hydrogen-bond acceptors (Lipinski definition) is 7. The molecule has 0 aromatic carbocycles. The van der Waals surface area contributed by atoms with E-state index in [4.69, 9.17) is 32.5 Å². The van der Waals surface area contributed by atoms with Crippen LogP contribution in [0.15, 0.2) is 0 Å². The third kappa shape index (κ3) is 3.25. The van der Waals surface area contributed by atoms with Crippen molar-refractivity contribution in [1.29, 1.82) is 0 Å². The van der Waals surface area contributed by atoms with E-state index in [1.165, 1.54) is 0 Å². The zero-order valence-corrected chi connectivity index (χ0v) is 20.9. The zero-order chi connectivity index (χ0) is 22.0. The topological polar surface area (TPSA) is 64.6 Å². The van der Waals surface area contributed by atoms with E-state index in [2.05, 4.69) is 41.5 Å². The molecule has 4 aliphatic rings. The van der Waals surface area contributed by atoms with E-state index in [1.807, 2.05) is 0 Å². The van der Waals surface area contributed by atoms with Gasteiger partial charge in [-0.2, -0.15) is 0 Å². The van der Waals surface area contributed by atoms with Crippen molar-refractivity contribution in [3.8, 4) is 0 Å². The molecule has 8 heteroatoms. The van der Waals surface area contributed by atoms with Crippen LogP contribution < -0.4 is 0 Å². The molecule has 0 aromatic rings. The lowest BCUT2D eigenvalue weighted by molar-refractivity contribution is -0.480. The average Bonchev–Trinajstić information content (AvgIpc) is 2.68. The first-order chi connectivity index (χ1) is 13.9. The lowest BCUT2D eigenvalue weighted by atomic mass is 9.82. The van der Waals surface area contributed by atoms with Crippen LogP contribution in [0.25, 0.3) is 0 Å². The molecule has 0 saturated carbocycles. The molecule has 0 spiro atoms. The SMILES string of the molecule is CO[C@]12C[C@H]3OCCC[C@@H]3O[C@]1(OC)C[C@@H]1O[Si](C(C)(C)C)(C(C)(C)C)OC[C@H]1O2. The summed E-state index contributed by atoms with van der Waals surface area (Å²) in [5.74, 6) is -2.07. The van der Waals surface area contributed by atoms with Crippen LogP contribution in [0.3, 0.4) is 0 Å². The van der Waals surface area contributed by atoms with Crippen LogP contribution in [0.2, 0.25) is 10.1 Å². The Kier molecular flexibility index (Phi) is 5.76. The van der Waals surface area contributed by atoms with Crippen molar-refractivity contribution in [1.82, 2.24) is 0 Å². The smallest absolute Gasteiger partial charge is 0.349 e. The summed E-state index contributed by atoms with van der Waals surface area (Å²) in [6.07, 6.45) is 2.59. The number of ether oxygens (including phenoxy) is 5. The minimum atomic E-state index is -2.62. The van der Waals surface area contributed by atoms with Gasteiger partial charge in [-0.3, -0.25) is 0 Å². The van der Waals surface area contributed by atoms with Crippen molar-refractivity contribution in [2.45, 2.75) is 113 Å². The maximum Gasteiger partial charge on any atom is 0.349 e. The average molecular weight is 445 g/mol. The highest BCUT2D eigenvalue weighted by molar-refractivity contribution is 6.73. The van der Waals surface area contributed by atoms with Gasteiger partial charge < -0.3 is 32.5 Å². The van der Waals surface area contributed by atoms with Crippen LogP contribution in [0.1, 0.15) is 67.2 Å². The molecule has 0 aliphatic carbocycles. The minimum absolute atomic E-state index is 0.0193. The zero-order valence-electron chi connectivity index (χ0n) is 19.9. The van der Waals surface area contributed by atoms with Crippen molar-refractivity contribution in [3.05, 3.63) is 0 Å². The number of fused-ring (bicyclic) bond motifs is 3. The molecule has 6 atom stereocenters. The van der Waals surface area contributed by atoms with E-state index in [-0.39, 0.29) is 34.5 Å². The van der Waals surface area contributed by atoms with E-state index in [0.29, 0.717) is 19.4 Å². The summed E-state index contributed by atoms with van der Waals surface area (Å²) in [5.41, 5.74) is 0. The summed E-state index contributed by atoms with van der Waals surface area (Å²) in [7, 11) is 0.719. The Morgan fingerprint density at radius 1 is 0.800 bits per heavy atom. The monoisotopic (exact) mass is 444 g/mol. The molecule has 30 heavy (non-hydrogen) atoms. The molecule has 0 N–H and O–H groups in total. The fourth-order valence-electron chi connectivity index (χ4n) is 6.14. The summed E-state index contributed by atoms with van der Waals surface area (Å²) < 4.78 is 44.9. The van der Waals surface area contributed by atoms with Crippen molar-refractivity contribution in [2.75, 3.05) is 27.4 Å². The van der Waals surface area contributed by atoms with Crippen LogP contribution in [-0.4, -0.2) is 72.0 Å². The summed E-state index contributed by atoms with van der Waals surface area (Å²) in [5, 5.41) is -0.191. The minimum Gasteiger partial charge on any atom is -0.391 e. The largest absolute Gasteiger partial charge is 0.391 e. The van der Waals surface area contributed by atoms with Crippen LogP contribution in [0, 0.1) is 0 Å². The van der Waals surface area contributed by atoms with Gasteiger partial charge in [0.05, 0.1) is 24.9 Å². The number of hydrogen-bond donors (Lipinski definition) is 0. The van der Waals surface area contributed by atoms with E-state index < -0.39 is 20.1 Å². The molecule has 4 aliphatic heterocycles. The Balaban J connectivity index is 1.68. The van der Waals surface area contributed by atoms with Crippen molar-refractivity contribution < 1.29 is 32.5 Å². The predicted molar refractivity (Wildman–Crippen MR) is 113 cm³/mol. The molecule has 0 amide bonds. The first-order valence-electron chi connectivity index (χ1n) is 11.3. The Labute approximate surface area is 182 Å². The molecule has 4 fully saturated rings. The molecular weight excluding hydrogens is 404 g/mol. The van der Waals surface area contributed by atoms with Gasteiger partial charge in [0, 0.05) is 43.7 Å². The third-order valence-corrected chi connectivity index (χ3v) is 12.6. The highest BCUT2D eigenvalue weighted by Gasteiger charge is 2.71. The third-order valence-electron chi connectivity index (χ3n) is 7.40. The van der Waals surface area contributed by atoms with Gasteiger partial charge in [-0.25, -0.2) is 0 Å². The second kappa shape index (κ2) is 7.48. The summed E-state index contributed by atoms with van der Waals surface area (Å²) in [6.45, 7) is 14.6. The number of methoxy groups -OCH3 is 2. The molecule has 0 aromatic heterocycles. The molecule has 174 valence electrons. The van der Waals surface area contributed by atoms with Crippen molar-refractivity contribution in [3.63, 3.8) is 0 Å². The molecule has 0 unspecified atom stereocenters. The standard InChI is InChI=1S/C22H40O7Si/c1-19(2,3)30(20(4,5)6)26-14-18-17(29-30)13-22(24-8)21(23-7,28-18)12-16-15(27-22)10-9-11-25-16/h15-18H,9-14H2,1-8H3/t15-,16+,17-,18+,21-,22+/m0/s1. The second-order valence-electron chi connectivity index (χ2n) is 11.3. The van der Waals surface area contributed by atoms with Crippen LogP contribution in [0.5, 0.6) is 0 Å². The van der Waals surface area contributed by atoms with Crippen LogP contribution >= 0.6 is 0 Å². The van der Waals surface area contributed by atoms with Crippen molar-refractivity contribution >= 4 is 8.56 Å². The number of rotatable bonds is 2. The van der Waals surface area contributed by atoms with Crippen LogP contribution in [-0.2, 0) is 32.5 Å². The van der Waals surface area contributed by atoms with Gasteiger partial charge in [0.1, 0.15) is 6.10 Å². The first-order valence-corrected chi connectivity index (χ1v) is 13.1. The van der Waals surface area contributed by atoms with E-state index in [0.717, 1.165) is 19.4 Å².